The van der Waals surface area contributed by atoms with Gasteiger partial charge in [-0.15, -0.1) is 0 Å². The van der Waals surface area contributed by atoms with Crippen molar-refractivity contribution in [3.05, 3.63) is 47.5 Å². The molecule has 1 unspecified atom stereocenters. The molecule has 0 aliphatic heterocycles. The standard InChI is InChI=1S/C14H16O2/c1-11-6-5-9-14(16,10-11)13(15)12-7-3-2-4-8-12/h2-4,6-8,16H,5,9-10H2,1H3. The number of hydrogen-bond donors (Lipinski definition) is 1. The Labute approximate surface area is 95.6 Å². The van der Waals surface area contributed by atoms with Gasteiger partial charge in [-0.25, -0.2) is 0 Å². The molecule has 0 bridgehead atoms. The fourth-order valence-corrected chi connectivity index (χ4v) is 2.23. The minimum atomic E-state index is -1.19. The second-order valence-corrected chi connectivity index (χ2v) is 4.49. The van der Waals surface area contributed by atoms with Crippen LogP contribution in [0.15, 0.2) is 42.0 Å². The topological polar surface area (TPSA) is 37.3 Å². The molecule has 1 aromatic carbocycles. The van der Waals surface area contributed by atoms with Crippen molar-refractivity contribution in [3.63, 3.8) is 0 Å². The highest BCUT2D eigenvalue weighted by Crippen LogP contribution is 2.31. The zero-order valence-electron chi connectivity index (χ0n) is 9.44. The molecule has 0 saturated heterocycles. The SMILES string of the molecule is CC1=CCCC(O)(C(=O)c2ccccc2)C1. The summed E-state index contributed by atoms with van der Waals surface area (Å²) in [5.41, 5.74) is 0.498. The van der Waals surface area contributed by atoms with Gasteiger partial charge in [-0.1, -0.05) is 42.0 Å². The molecule has 0 amide bonds. The Kier molecular flexibility index (Phi) is 2.92. The summed E-state index contributed by atoms with van der Waals surface area (Å²) in [6.45, 7) is 1.96. The van der Waals surface area contributed by atoms with Crippen molar-refractivity contribution in [2.75, 3.05) is 0 Å². The van der Waals surface area contributed by atoms with Gasteiger partial charge in [-0.2, -0.15) is 0 Å². The predicted octanol–water partition coefficient (Wildman–Crippen LogP) is 2.73. The van der Waals surface area contributed by atoms with Crippen molar-refractivity contribution >= 4 is 5.78 Å². The van der Waals surface area contributed by atoms with Crippen LogP contribution in [0.2, 0.25) is 0 Å². The van der Waals surface area contributed by atoms with Crippen LogP contribution in [0, 0.1) is 0 Å². The lowest BCUT2D eigenvalue weighted by Crippen LogP contribution is -2.40. The molecule has 1 aliphatic rings. The van der Waals surface area contributed by atoms with E-state index in [1.54, 1.807) is 12.1 Å². The van der Waals surface area contributed by atoms with Crippen LogP contribution in [0.1, 0.15) is 36.5 Å². The van der Waals surface area contributed by atoms with E-state index in [0.29, 0.717) is 18.4 Å². The highest BCUT2D eigenvalue weighted by atomic mass is 16.3. The normalized spacial score (nSPS) is 25.0. The third-order valence-corrected chi connectivity index (χ3v) is 3.08. The van der Waals surface area contributed by atoms with Crippen LogP contribution in [-0.4, -0.2) is 16.5 Å². The van der Waals surface area contributed by atoms with Gasteiger partial charge in [0.05, 0.1) is 0 Å². The van der Waals surface area contributed by atoms with Crippen molar-refractivity contribution < 1.29 is 9.90 Å². The first-order valence-electron chi connectivity index (χ1n) is 5.60. The van der Waals surface area contributed by atoms with Crippen molar-refractivity contribution in [2.24, 2.45) is 0 Å². The highest BCUT2D eigenvalue weighted by molar-refractivity contribution is 6.02. The average molecular weight is 216 g/mol. The summed E-state index contributed by atoms with van der Waals surface area (Å²) in [5.74, 6) is -0.152. The molecular weight excluding hydrogens is 200 g/mol. The van der Waals surface area contributed by atoms with E-state index in [1.165, 1.54) is 0 Å². The number of carbonyl (C=O) groups is 1. The van der Waals surface area contributed by atoms with Gasteiger partial charge in [0.1, 0.15) is 5.60 Å². The molecule has 1 atom stereocenters. The van der Waals surface area contributed by atoms with Crippen molar-refractivity contribution in [1.82, 2.24) is 0 Å². The fourth-order valence-electron chi connectivity index (χ4n) is 2.23. The van der Waals surface area contributed by atoms with Crippen LogP contribution in [0.4, 0.5) is 0 Å². The van der Waals surface area contributed by atoms with Crippen LogP contribution in [0.3, 0.4) is 0 Å². The molecule has 2 nitrogen and oxygen atoms in total. The van der Waals surface area contributed by atoms with Crippen LogP contribution in [0.25, 0.3) is 0 Å². The number of Topliss-reactive ketones (excluding diaryl/α,β-unsaturated/α-hetero) is 1. The second-order valence-electron chi connectivity index (χ2n) is 4.49. The Morgan fingerprint density at radius 2 is 2.00 bits per heavy atom. The Balaban J connectivity index is 2.25. The number of hydrogen-bond acceptors (Lipinski definition) is 2. The van der Waals surface area contributed by atoms with Crippen molar-refractivity contribution in [1.29, 1.82) is 0 Å². The monoisotopic (exact) mass is 216 g/mol. The lowest BCUT2D eigenvalue weighted by atomic mass is 9.80. The minimum absolute atomic E-state index is 0.152. The number of ketones is 1. The Morgan fingerprint density at radius 1 is 1.31 bits per heavy atom. The number of benzene rings is 1. The third-order valence-electron chi connectivity index (χ3n) is 3.08. The summed E-state index contributed by atoms with van der Waals surface area (Å²) in [4.78, 5) is 12.2. The van der Waals surface area contributed by atoms with Gasteiger partial charge in [0.15, 0.2) is 5.78 Å². The first kappa shape index (κ1) is 11.1. The number of aliphatic hydroxyl groups is 1. The molecule has 2 heteroatoms. The smallest absolute Gasteiger partial charge is 0.194 e. The summed E-state index contributed by atoms with van der Waals surface area (Å²) in [6, 6.07) is 9.03. The maximum absolute atomic E-state index is 12.2. The van der Waals surface area contributed by atoms with Crippen molar-refractivity contribution in [3.8, 4) is 0 Å². The van der Waals surface area contributed by atoms with Crippen LogP contribution < -0.4 is 0 Å². The van der Waals surface area contributed by atoms with E-state index < -0.39 is 5.60 Å². The van der Waals surface area contributed by atoms with Gasteiger partial charge in [-0.3, -0.25) is 4.79 Å². The van der Waals surface area contributed by atoms with Crippen LogP contribution >= 0.6 is 0 Å². The van der Waals surface area contributed by atoms with E-state index in [2.05, 4.69) is 6.08 Å². The summed E-state index contributed by atoms with van der Waals surface area (Å²) < 4.78 is 0. The first-order chi connectivity index (χ1) is 7.62. The predicted molar refractivity (Wildman–Crippen MR) is 63.3 cm³/mol. The lowest BCUT2D eigenvalue weighted by molar-refractivity contribution is 0.0255. The maximum Gasteiger partial charge on any atom is 0.194 e. The largest absolute Gasteiger partial charge is 0.381 e. The molecule has 1 aromatic rings. The Hall–Kier alpha value is -1.41. The first-order valence-corrected chi connectivity index (χ1v) is 5.60. The van der Waals surface area contributed by atoms with E-state index in [4.69, 9.17) is 0 Å². The minimum Gasteiger partial charge on any atom is -0.381 e. The molecule has 0 heterocycles. The molecule has 0 radical (unpaired) electrons. The van der Waals surface area contributed by atoms with Crippen molar-refractivity contribution in [2.45, 2.75) is 31.8 Å². The van der Waals surface area contributed by atoms with Gasteiger partial charge in [0.2, 0.25) is 0 Å². The molecule has 84 valence electrons. The van der Waals surface area contributed by atoms with E-state index in [0.717, 1.165) is 12.0 Å². The van der Waals surface area contributed by atoms with Crippen LogP contribution in [0.5, 0.6) is 0 Å². The van der Waals surface area contributed by atoms with Gasteiger partial charge in [0.25, 0.3) is 0 Å². The summed E-state index contributed by atoms with van der Waals surface area (Å²) >= 11 is 0. The van der Waals surface area contributed by atoms with Gasteiger partial charge < -0.3 is 5.11 Å². The van der Waals surface area contributed by atoms with Gasteiger partial charge in [0, 0.05) is 12.0 Å². The number of carbonyl (C=O) groups excluding carboxylic acids is 1. The molecule has 2 rings (SSSR count). The van der Waals surface area contributed by atoms with Gasteiger partial charge >= 0.3 is 0 Å². The molecular formula is C14H16O2. The fraction of sp³-hybridized carbons (Fsp3) is 0.357. The molecule has 1 N–H and O–H groups in total. The summed E-state index contributed by atoms with van der Waals surface area (Å²) in [5, 5.41) is 10.4. The Morgan fingerprint density at radius 3 is 2.62 bits per heavy atom. The van der Waals surface area contributed by atoms with Gasteiger partial charge in [-0.05, 0) is 19.8 Å². The molecule has 1 aliphatic carbocycles. The third kappa shape index (κ3) is 2.07. The summed E-state index contributed by atoms with van der Waals surface area (Å²) in [6.07, 6.45) is 3.85. The average Bonchev–Trinajstić information content (AvgIpc) is 2.29. The zero-order chi connectivity index (χ0) is 11.6. The molecule has 0 spiro atoms. The molecule has 16 heavy (non-hydrogen) atoms. The second kappa shape index (κ2) is 4.22. The quantitative estimate of drug-likeness (QED) is 0.609. The molecule has 0 fully saturated rings. The van der Waals surface area contributed by atoms with E-state index >= 15 is 0 Å². The molecule has 0 aromatic heterocycles. The lowest BCUT2D eigenvalue weighted by Gasteiger charge is -2.30. The van der Waals surface area contributed by atoms with Crippen LogP contribution in [-0.2, 0) is 0 Å². The zero-order valence-corrected chi connectivity index (χ0v) is 9.44. The van der Waals surface area contributed by atoms with E-state index in [1.807, 2.05) is 25.1 Å². The van der Waals surface area contributed by atoms with E-state index in [-0.39, 0.29) is 5.78 Å². The summed E-state index contributed by atoms with van der Waals surface area (Å²) in [7, 11) is 0. The highest BCUT2D eigenvalue weighted by Gasteiger charge is 2.37. The number of allylic oxidation sites excluding steroid dienone is 1. The molecule has 0 saturated carbocycles. The Bertz CT molecular complexity index is 420. The maximum atomic E-state index is 12.2. The number of rotatable bonds is 2. The van der Waals surface area contributed by atoms with E-state index in [9.17, 15) is 9.90 Å².